The van der Waals surface area contributed by atoms with Crippen molar-refractivity contribution in [3.63, 3.8) is 0 Å². The number of rotatable bonds is 5. The molecular weight excluding hydrogens is 221 g/mol. The number of anilines is 1. The highest BCUT2D eigenvalue weighted by molar-refractivity contribution is 5.88. The van der Waals surface area contributed by atoms with Gasteiger partial charge in [0.15, 0.2) is 0 Å². The lowest BCUT2D eigenvalue weighted by atomic mass is 10.1. The number of nitrogens with one attached hydrogen (secondary N) is 1. The lowest BCUT2D eigenvalue weighted by molar-refractivity contribution is -0.134. The average Bonchev–Trinajstić information content (AvgIpc) is 2.34. The quantitative estimate of drug-likeness (QED) is 0.632. The Kier molecular flexibility index (Phi) is 5.20. The normalized spacial score (nSPS) is 10.5. The lowest BCUT2D eigenvalue weighted by Crippen LogP contribution is -2.02. The van der Waals surface area contributed by atoms with Crippen molar-refractivity contribution in [2.24, 2.45) is 0 Å². The SMILES string of the molecule is CCCNc1cc(F)ccc1C=CC(=O)OC. The monoisotopic (exact) mass is 237 g/mol. The van der Waals surface area contributed by atoms with Crippen molar-refractivity contribution in [1.82, 2.24) is 0 Å². The van der Waals surface area contributed by atoms with E-state index in [1.807, 2.05) is 6.92 Å². The van der Waals surface area contributed by atoms with Gasteiger partial charge in [-0.1, -0.05) is 6.92 Å². The summed E-state index contributed by atoms with van der Waals surface area (Å²) in [6, 6.07) is 4.38. The second kappa shape index (κ2) is 6.68. The van der Waals surface area contributed by atoms with E-state index in [1.165, 1.54) is 25.3 Å². The van der Waals surface area contributed by atoms with Crippen LogP contribution in [0.3, 0.4) is 0 Å². The lowest BCUT2D eigenvalue weighted by Gasteiger charge is -2.08. The van der Waals surface area contributed by atoms with Crippen molar-refractivity contribution in [3.8, 4) is 0 Å². The van der Waals surface area contributed by atoms with Gasteiger partial charge in [0.05, 0.1) is 7.11 Å². The van der Waals surface area contributed by atoms with Crippen LogP contribution in [0.1, 0.15) is 18.9 Å². The molecule has 0 amide bonds. The summed E-state index contributed by atoms with van der Waals surface area (Å²) in [5, 5.41) is 3.10. The minimum Gasteiger partial charge on any atom is -0.466 e. The van der Waals surface area contributed by atoms with Gasteiger partial charge >= 0.3 is 5.97 Å². The van der Waals surface area contributed by atoms with Gasteiger partial charge in [0.25, 0.3) is 0 Å². The second-order valence-electron chi connectivity index (χ2n) is 3.51. The largest absolute Gasteiger partial charge is 0.466 e. The highest BCUT2D eigenvalue weighted by Gasteiger charge is 2.01. The van der Waals surface area contributed by atoms with Gasteiger partial charge in [0, 0.05) is 18.3 Å². The van der Waals surface area contributed by atoms with Crippen LogP contribution in [-0.2, 0) is 9.53 Å². The molecule has 0 spiro atoms. The molecular formula is C13H16FNO2. The van der Waals surface area contributed by atoms with E-state index in [9.17, 15) is 9.18 Å². The maximum atomic E-state index is 13.1. The van der Waals surface area contributed by atoms with Crippen LogP contribution in [0, 0.1) is 5.82 Å². The molecule has 0 unspecified atom stereocenters. The summed E-state index contributed by atoms with van der Waals surface area (Å²) in [5.74, 6) is -0.741. The van der Waals surface area contributed by atoms with Crippen LogP contribution in [-0.4, -0.2) is 19.6 Å². The molecule has 1 N–H and O–H groups in total. The van der Waals surface area contributed by atoms with Crippen molar-refractivity contribution in [2.45, 2.75) is 13.3 Å². The van der Waals surface area contributed by atoms with Gasteiger partial charge in [0.2, 0.25) is 0 Å². The van der Waals surface area contributed by atoms with Crippen LogP contribution >= 0.6 is 0 Å². The maximum Gasteiger partial charge on any atom is 0.330 e. The molecule has 1 aromatic rings. The molecule has 0 aliphatic carbocycles. The van der Waals surface area contributed by atoms with E-state index >= 15 is 0 Å². The fraction of sp³-hybridized carbons (Fsp3) is 0.308. The van der Waals surface area contributed by atoms with Crippen LogP contribution in [0.2, 0.25) is 0 Å². The van der Waals surface area contributed by atoms with Crippen molar-refractivity contribution < 1.29 is 13.9 Å². The predicted molar refractivity (Wildman–Crippen MR) is 66.2 cm³/mol. The van der Waals surface area contributed by atoms with Crippen LogP contribution < -0.4 is 5.32 Å². The standard InChI is InChI=1S/C13H16FNO2/c1-3-8-15-12-9-11(14)6-4-10(12)5-7-13(16)17-2/h4-7,9,15H,3,8H2,1-2H3. The smallest absolute Gasteiger partial charge is 0.330 e. The molecule has 0 aliphatic heterocycles. The molecule has 0 radical (unpaired) electrons. The minimum atomic E-state index is -0.434. The molecule has 3 nitrogen and oxygen atoms in total. The van der Waals surface area contributed by atoms with Crippen LogP contribution in [0.4, 0.5) is 10.1 Å². The number of carbonyl (C=O) groups is 1. The zero-order valence-electron chi connectivity index (χ0n) is 10.00. The highest BCUT2D eigenvalue weighted by atomic mass is 19.1. The molecule has 0 saturated carbocycles. The molecule has 0 heterocycles. The van der Waals surface area contributed by atoms with Crippen molar-refractivity contribution in [2.75, 3.05) is 19.0 Å². The third-order valence-corrected chi connectivity index (χ3v) is 2.18. The molecule has 0 saturated heterocycles. The fourth-order valence-electron chi connectivity index (χ4n) is 1.31. The van der Waals surface area contributed by atoms with Crippen LogP contribution in [0.5, 0.6) is 0 Å². The Morgan fingerprint density at radius 3 is 2.94 bits per heavy atom. The summed E-state index contributed by atoms with van der Waals surface area (Å²) in [6.45, 7) is 2.78. The zero-order chi connectivity index (χ0) is 12.7. The van der Waals surface area contributed by atoms with Gasteiger partial charge in [-0.05, 0) is 36.3 Å². The Bertz CT molecular complexity index is 416. The van der Waals surface area contributed by atoms with Gasteiger partial charge in [-0.25, -0.2) is 9.18 Å². The molecule has 4 heteroatoms. The first-order valence-electron chi connectivity index (χ1n) is 5.46. The third kappa shape index (κ3) is 4.26. The van der Waals surface area contributed by atoms with Gasteiger partial charge in [-0.2, -0.15) is 0 Å². The molecule has 0 aromatic heterocycles. The first-order valence-corrected chi connectivity index (χ1v) is 5.46. The number of esters is 1. The van der Waals surface area contributed by atoms with Crippen molar-refractivity contribution in [1.29, 1.82) is 0 Å². The Balaban J connectivity index is 2.89. The Morgan fingerprint density at radius 1 is 1.53 bits per heavy atom. The number of benzene rings is 1. The Morgan fingerprint density at radius 2 is 2.29 bits per heavy atom. The van der Waals surface area contributed by atoms with Gasteiger partial charge in [0.1, 0.15) is 5.82 Å². The summed E-state index contributed by atoms with van der Waals surface area (Å²) < 4.78 is 17.6. The Hall–Kier alpha value is -1.84. The zero-order valence-corrected chi connectivity index (χ0v) is 10.00. The first kappa shape index (κ1) is 13.2. The van der Waals surface area contributed by atoms with E-state index in [4.69, 9.17) is 0 Å². The van der Waals surface area contributed by atoms with E-state index in [1.54, 1.807) is 12.1 Å². The summed E-state index contributed by atoms with van der Waals surface area (Å²) in [6.07, 6.45) is 3.85. The number of halogens is 1. The topological polar surface area (TPSA) is 38.3 Å². The number of methoxy groups -OCH3 is 1. The predicted octanol–water partition coefficient (Wildman–Crippen LogP) is 2.83. The maximum absolute atomic E-state index is 13.1. The molecule has 1 rings (SSSR count). The van der Waals surface area contributed by atoms with E-state index in [0.717, 1.165) is 18.5 Å². The molecule has 1 aromatic carbocycles. The molecule has 17 heavy (non-hydrogen) atoms. The van der Waals surface area contributed by atoms with Gasteiger partial charge in [-0.15, -0.1) is 0 Å². The van der Waals surface area contributed by atoms with Crippen molar-refractivity contribution in [3.05, 3.63) is 35.7 Å². The number of ether oxygens (including phenoxy) is 1. The summed E-state index contributed by atoms with van der Waals surface area (Å²) in [7, 11) is 1.31. The summed E-state index contributed by atoms with van der Waals surface area (Å²) >= 11 is 0. The average molecular weight is 237 g/mol. The highest BCUT2D eigenvalue weighted by Crippen LogP contribution is 2.18. The first-order chi connectivity index (χ1) is 8.17. The minimum absolute atomic E-state index is 0.307. The van der Waals surface area contributed by atoms with E-state index < -0.39 is 5.97 Å². The Labute approximate surface area is 100 Å². The molecule has 0 fully saturated rings. The number of hydrogen-bond acceptors (Lipinski definition) is 3. The summed E-state index contributed by atoms with van der Waals surface area (Å²) in [5.41, 5.74) is 1.43. The molecule has 0 aliphatic rings. The third-order valence-electron chi connectivity index (χ3n) is 2.18. The van der Waals surface area contributed by atoms with Gasteiger partial charge < -0.3 is 10.1 Å². The van der Waals surface area contributed by atoms with Crippen LogP contribution in [0.15, 0.2) is 24.3 Å². The molecule has 0 atom stereocenters. The van der Waals surface area contributed by atoms with Gasteiger partial charge in [-0.3, -0.25) is 0 Å². The summed E-state index contributed by atoms with van der Waals surface area (Å²) in [4.78, 5) is 11.0. The second-order valence-corrected chi connectivity index (χ2v) is 3.51. The van der Waals surface area contributed by atoms with Crippen molar-refractivity contribution >= 4 is 17.7 Å². The molecule has 92 valence electrons. The van der Waals surface area contributed by atoms with Crippen LogP contribution in [0.25, 0.3) is 6.08 Å². The fourth-order valence-corrected chi connectivity index (χ4v) is 1.31. The number of carbonyl (C=O) groups excluding carboxylic acids is 1. The molecule has 0 bridgehead atoms. The van der Waals surface area contributed by atoms with E-state index in [0.29, 0.717) is 5.69 Å². The van der Waals surface area contributed by atoms with E-state index in [2.05, 4.69) is 10.1 Å². The van der Waals surface area contributed by atoms with E-state index in [-0.39, 0.29) is 5.82 Å². The number of hydrogen-bond donors (Lipinski definition) is 1.